The number of nitrogens with one attached hydrogen (secondary N) is 1. The average molecular weight is 325 g/mol. The van der Waals surface area contributed by atoms with E-state index in [9.17, 15) is 14.7 Å². The number of nitrogens with zero attached hydrogens (tertiary/aromatic N) is 2. The van der Waals surface area contributed by atoms with E-state index in [2.05, 4.69) is 10.4 Å². The second-order valence-corrected chi connectivity index (χ2v) is 6.66. The monoisotopic (exact) mass is 325 g/mol. The van der Waals surface area contributed by atoms with Crippen LogP contribution in [0.5, 0.6) is 0 Å². The zero-order valence-electron chi connectivity index (χ0n) is 14.8. The van der Waals surface area contributed by atoms with Crippen LogP contribution in [-0.2, 0) is 27.8 Å². The van der Waals surface area contributed by atoms with Crippen LogP contribution in [0.25, 0.3) is 0 Å². The Morgan fingerprint density at radius 1 is 1.35 bits per heavy atom. The number of aliphatic carboxylic acids is 1. The highest BCUT2D eigenvalue weighted by atomic mass is 16.5. The standard InChI is InChI=1S/C16H27N3O4/c1-10-12(11(2)19(6)18-10)9-14(20)17-13(15(21)22)7-8-23-16(3,4)5/h13H,7-9H2,1-6H3,(H,17,20)(H,21,22). The molecule has 0 radical (unpaired) electrons. The minimum atomic E-state index is -1.06. The summed E-state index contributed by atoms with van der Waals surface area (Å²) in [5.41, 5.74) is 2.18. The minimum absolute atomic E-state index is 0.120. The molecule has 1 aromatic heterocycles. The molecule has 0 aliphatic carbocycles. The predicted molar refractivity (Wildman–Crippen MR) is 86.3 cm³/mol. The smallest absolute Gasteiger partial charge is 0.326 e. The number of carboxylic acids is 1. The number of amides is 1. The third kappa shape index (κ3) is 6.02. The molecule has 1 amide bonds. The second-order valence-electron chi connectivity index (χ2n) is 6.66. The molecule has 0 fully saturated rings. The van der Waals surface area contributed by atoms with Crippen LogP contribution in [0.3, 0.4) is 0 Å². The Hall–Kier alpha value is -1.89. The van der Waals surface area contributed by atoms with Gasteiger partial charge in [0.1, 0.15) is 6.04 Å². The van der Waals surface area contributed by atoms with E-state index in [0.717, 1.165) is 17.0 Å². The molecule has 0 spiro atoms. The minimum Gasteiger partial charge on any atom is -0.480 e. The zero-order chi connectivity index (χ0) is 17.8. The van der Waals surface area contributed by atoms with Gasteiger partial charge in [-0.1, -0.05) is 0 Å². The average Bonchev–Trinajstić information content (AvgIpc) is 2.62. The number of carbonyl (C=O) groups is 2. The molecule has 0 bridgehead atoms. The summed E-state index contributed by atoms with van der Waals surface area (Å²) >= 11 is 0. The quantitative estimate of drug-likeness (QED) is 0.789. The largest absolute Gasteiger partial charge is 0.480 e. The van der Waals surface area contributed by atoms with Crippen molar-refractivity contribution in [3.05, 3.63) is 17.0 Å². The van der Waals surface area contributed by atoms with Crippen molar-refractivity contribution in [1.29, 1.82) is 0 Å². The van der Waals surface area contributed by atoms with E-state index in [1.165, 1.54) is 0 Å². The summed E-state index contributed by atoms with van der Waals surface area (Å²) in [6, 6.07) is -0.956. The van der Waals surface area contributed by atoms with Crippen molar-refractivity contribution in [2.24, 2.45) is 7.05 Å². The molecule has 1 unspecified atom stereocenters. The van der Waals surface area contributed by atoms with E-state index >= 15 is 0 Å². The molecule has 1 rings (SSSR count). The summed E-state index contributed by atoms with van der Waals surface area (Å²) in [5.74, 6) is -1.39. The molecule has 1 atom stereocenters. The van der Waals surface area contributed by atoms with Crippen LogP contribution in [-0.4, -0.2) is 45.0 Å². The Morgan fingerprint density at radius 2 is 1.96 bits per heavy atom. The number of carbonyl (C=O) groups excluding carboxylic acids is 1. The predicted octanol–water partition coefficient (Wildman–Crippen LogP) is 1.35. The first-order valence-electron chi connectivity index (χ1n) is 7.66. The van der Waals surface area contributed by atoms with E-state index in [1.807, 2.05) is 41.7 Å². The van der Waals surface area contributed by atoms with Crippen LogP contribution in [0.2, 0.25) is 0 Å². The van der Waals surface area contributed by atoms with Crippen LogP contribution >= 0.6 is 0 Å². The fraction of sp³-hybridized carbons (Fsp3) is 0.688. The van der Waals surface area contributed by atoms with E-state index in [-0.39, 0.29) is 31.0 Å². The van der Waals surface area contributed by atoms with Crippen molar-refractivity contribution >= 4 is 11.9 Å². The van der Waals surface area contributed by atoms with E-state index in [1.54, 1.807) is 4.68 Å². The van der Waals surface area contributed by atoms with Gasteiger partial charge in [-0.15, -0.1) is 0 Å². The highest BCUT2D eigenvalue weighted by Gasteiger charge is 2.22. The lowest BCUT2D eigenvalue weighted by Crippen LogP contribution is -2.42. The van der Waals surface area contributed by atoms with Gasteiger partial charge in [0, 0.05) is 31.3 Å². The number of aryl methyl sites for hydroxylation is 2. The molecule has 0 saturated heterocycles. The van der Waals surface area contributed by atoms with Crippen molar-refractivity contribution in [3.8, 4) is 0 Å². The summed E-state index contributed by atoms with van der Waals surface area (Å²) in [7, 11) is 1.81. The molecule has 1 aromatic rings. The number of aromatic nitrogens is 2. The van der Waals surface area contributed by atoms with E-state index in [0.29, 0.717) is 0 Å². The first-order valence-corrected chi connectivity index (χ1v) is 7.66. The highest BCUT2D eigenvalue weighted by molar-refractivity contribution is 5.85. The van der Waals surface area contributed by atoms with Gasteiger partial charge in [0.25, 0.3) is 0 Å². The molecular weight excluding hydrogens is 298 g/mol. The molecule has 0 saturated carbocycles. The molecule has 1 heterocycles. The molecule has 23 heavy (non-hydrogen) atoms. The Balaban J connectivity index is 2.62. The van der Waals surface area contributed by atoms with Crippen molar-refractivity contribution in [3.63, 3.8) is 0 Å². The van der Waals surface area contributed by atoms with Crippen LogP contribution in [0, 0.1) is 13.8 Å². The molecule has 7 nitrogen and oxygen atoms in total. The number of hydrogen-bond acceptors (Lipinski definition) is 4. The fourth-order valence-corrected chi connectivity index (χ4v) is 2.22. The lowest BCUT2D eigenvalue weighted by molar-refractivity contribution is -0.142. The first-order chi connectivity index (χ1) is 10.5. The van der Waals surface area contributed by atoms with Gasteiger partial charge in [-0.05, 0) is 34.6 Å². The van der Waals surface area contributed by atoms with Gasteiger partial charge in [0.05, 0.1) is 17.7 Å². The maximum Gasteiger partial charge on any atom is 0.326 e. The summed E-state index contributed by atoms with van der Waals surface area (Å²) in [6.07, 6.45) is 0.346. The Bertz CT molecular complexity index is 573. The molecule has 0 aromatic carbocycles. The molecule has 2 N–H and O–H groups in total. The topological polar surface area (TPSA) is 93.5 Å². The number of carboxylic acid groups (broad SMARTS) is 1. The maximum absolute atomic E-state index is 12.1. The third-order valence-corrected chi connectivity index (χ3v) is 3.57. The van der Waals surface area contributed by atoms with Crippen LogP contribution in [0.1, 0.15) is 44.1 Å². The molecular formula is C16H27N3O4. The Morgan fingerprint density at radius 3 is 2.39 bits per heavy atom. The SMILES string of the molecule is Cc1nn(C)c(C)c1CC(=O)NC(CCOC(C)(C)C)C(=O)O. The van der Waals surface area contributed by atoms with Gasteiger partial charge in [-0.3, -0.25) is 9.48 Å². The van der Waals surface area contributed by atoms with Crippen molar-refractivity contribution < 1.29 is 19.4 Å². The van der Waals surface area contributed by atoms with Crippen LogP contribution in [0.15, 0.2) is 0 Å². The van der Waals surface area contributed by atoms with Gasteiger partial charge in [0.2, 0.25) is 5.91 Å². The fourth-order valence-electron chi connectivity index (χ4n) is 2.22. The zero-order valence-corrected chi connectivity index (χ0v) is 14.8. The van der Waals surface area contributed by atoms with Crippen molar-refractivity contribution in [2.45, 2.75) is 59.1 Å². The van der Waals surface area contributed by atoms with Gasteiger partial charge in [0.15, 0.2) is 0 Å². The Kier molecular flexibility index (Phi) is 6.32. The van der Waals surface area contributed by atoms with Gasteiger partial charge in [-0.25, -0.2) is 4.79 Å². The number of hydrogen-bond donors (Lipinski definition) is 2. The van der Waals surface area contributed by atoms with Crippen molar-refractivity contribution in [1.82, 2.24) is 15.1 Å². The molecule has 0 aliphatic heterocycles. The number of ether oxygens (including phenoxy) is 1. The van der Waals surface area contributed by atoms with Gasteiger partial charge >= 0.3 is 5.97 Å². The maximum atomic E-state index is 12.1. The summed E-state index contributed by atoms with van der Waals surface area (Å²) in [5, 5.41) is 16.1. The van der Waals surface area contributed by atoms with E-state index in [4.69, 9.17) is 4.74 Å². The highest BCUT2D eigenvalue weighted by Crippen LogP contribution is 2.13. The van der Waals surface area contributed by atoms with Gasteiger partial charge < -0.3 is 15.2 Å². The summed E-state index contributed by atoms with van der Waals surface area (Å²) in [6.45, 7) is 9.68. The normalized spacial score (nSPS) is 13.0. The van der Waals surface area contributed by atoms with Crippen molar-refractivity contribution in [2.75, 3.05) is 6.61 Å². The van der Waals surface area contributed by atoms with Gasteiger partial charge in [-0.2, -0.15) is 5.10 Å². The third-order valence-electron chi connectivity index (χ3n) is 3.57. The summed E-state index contributed by atoms with van der Waals surface area (Å²) < 4.78 is 7.24. The molecule has 0 aliphatic rings. The molecule has 7 heteroatoms. The number of rotatable bonds is 7. The lowest BCUT2D eigenvalue weighted by atomic mass is 10.1. The second kappa shape index (κ2) is 7.59. The summed E-state index contributed by atoms with van der Waals surface area (Å²) in [4.78, 5) is 23.4. The first kappa shape index (κ1) is 19.2. The van der Waals surface area contributed by atoms with Crippen LogP contribution in [0.4, 0.5) is 0 Å². The van der Waals surface area contributed by atoms with E-state index < -0.39 is 12.0 Å². The lowest BCUT2D eigenvalue weighted by Gasteiger charge is -2.21. The Labute approximate surface area is 137 Å². The molecule has 130 valence electrons. The van der Waals surface area contributed by atoms with Crippen LogP contribution < -0.4 is 5.32 Å².